The van der Waals surface area contributed by atoms with Crippen molar-refractivity contribution in [1.29, 1.82) is 0 Å². The van der Waals surface area contributed by atoms with E-state index in [9.17, 15) is 17.2 Å². The lowest BCUT2D eigenvalue weighted by Gasteiger charge is -2.08. The van der Waals surface area contributed by atoms with Crippen molar-refractivity contribution in [2.45, 2.75) is 0 Å². The van der Waals surface area contributed by atoms with Gasteiger partial charge in [-0.2, -0.15) is 0 Å². The fraction of sp³-hybridized carbons (Fsp3) is 0.250. The molecule has 0 saturated carbocycles. The van der Waals surface area contributed by atoms with E-state index < -0.39 is 21.7 Å². The number of hydrogen-bond acceptors (Lipinski definition) is 3. The largest absolute Gasteiger partial charge is 0.380 e. The van der Waals surface area contributed by atoms with E-state index in [4.69, 9.17) is 16.7 Å². The Balaban J connectivity index is 2.75. The Hall–Kier alpha value is -0.920. The van der Waals surface area contributed by atoms with Gasteiger partial charge in [0.25, 0.3) is 0 Å². The first kappa shape index (κ1) is 13.1. The minimum Gasteiger partial charge on any atom is -0.380 e. The molecule has 0 radical (unpaired) electrons. The topological polar surface area (TPSA) is 72.2 Å². The van der Waals surface area contributed by atoms with E-state index in [1.165, 1.54) is 0 Å². The van der Waals surface area contributed by atoms with Crippen LogP contribution in [0.3, 0.4) is 0 Å². The second-order valence-electron chi connectivity index (χ2n) is 3.04. The Bertz CT molecular complexity index is 470. The first-order valence-corrected chi connectivity index (χ1v) is 6.28. The molecular formula is C8H9ClF2N2O2S. The van der Waals surface area contributed by atoms with Crippen molar-refractivity contribution in [3.8, 4) is 0 Å². The number of rotatable bonds is 4. The monoisotopic (exact) mass is 270 g/mol. The molecule has 1 aromatic carbocycles. The molecule has 0 atom stereocenters. The second-order valence-corrected chi connectivity index (χ2v) is 5.18. The Morgan fingerprint density at radius 1 is 1.38 bits per heavy atom. The molecule has 0 fully saturated rings. The van der Waals surface area contributed by atoms with Crippen LogP contribution in [-0.4, -0.2) is 20.7 Å². The number of anilines is 1. The van der Waals surface area contributed by atoms with Gasteiger partial charge < -0.3 is 5.32 Å². The summed E-state index contributed by atoms with van der Waals surface area (Å²) in [6.45, 7) is -0.110. The third-order valence-corrected chi connectivity index (χ3v) is 2.77. The van der Waals surface area contributed by atoms with E-state index in [2.05, 4.69) is 5.32 Å². The van der Waals surface area contributed by atoms with Crippen LogP contribution in [0.4, 0.5) is 14.5 Å². The molecule has 0 spiro atoms. The molecule has 1 aromatic rings. The van der Waals surface area contributed by atoms with Crippen molar-refractivity contribution in [2.75, 3.05) is 17.6 Å². The minimum atomic E-state index is -3.63. The van der Waals surface area contributed by atoms with Gasteiger partial charge in [-0.25, -0.2) is 22.3 Å². The van der Waals surface area contributed by atoms with Crippen molar-refractivity contribution in [3.63, 3.8) is 0 Å². The van der Waals surface area contributed by atoms with Crippen LogP contribution in [0.25, 0.3) is 0 Å². The van der Waals surface area contributed by atoms with Crippen LogP contribution >= 0.6 is 11.6 Å². The van der Waals surface area contributed by atoms with Gasteiger partial charge in [0, 0.05) is 12.6 Å². The van der Waals surface area contributed by atoms with Crippen LogP contribution in [0.5, 0.6) is 0 Å². The Kier molecular flexibility index (Phi) is 4.06. The molecule has 90 valence electrons. The van der Waals surface area contributed by atoms with Crippen molar-refractivity contribution in [2.24, 2.45) is 5.14 Å². The van der Waals surface area contributed by atoms with Crippen molar-refractivity contribution >= 4 is 27.3 Å². The van der Waals surface area contributed by atoms with Crippen molar-refractivity contribution in [1.82, 2.24) is 0 Å². The van der Waals surface area contributed by atoms with Gasteiger partial charge in [0.1, 0.15) is 5.82 Å². The van der Waals surface area contributed by atoms with Crippen molar-refractivity contribution in [3.05, 3.63) is 28.8 Å². The fourth-order valence-electron chi connectivity index (χ4n) is 1.03. The molecule has 0 aliphatic heterocycles. The van der Waals surface area contributed by atoms with Gasteiger partial charge in [0.15, 0.2) is 5.82 Å². The SMILES string of the molecule is NS(=O)(=O)CCNc1c(F)cc(F)cc1Cl. The summed E-state index contributed by atoms with van der Waals surface area (Å²) in [7, 11) is -3.63. The summed E-state index contributed by atoms with van der Waals surface area (Å²) in [6.07, 6.45) is 0. The second kappa shape index (κ2) is 4.94. The van der Waals surface area contributed by atoms with Gasteiger partial charge >= 0.3 is 0 Å². The summed E-state index contributed by atoms with van der Waals surface area (Å²) >= 11 is 5.56. The number of nitrogens with one attached hydrogen (secondary N) is 1. The lowest BCUT2D eigenvalue weighted by atomic mass is 10.3. The quantitative estimate of drug-likeness (QED) is 0.867. The molecule has 8 heteroatoms. The van der Waals surface area contributed by atoms with E-state index in [0.717, 1.165) is 6.07 Å². The third kappa shape index (κ3) is 3.92. The molecular weight excluding hydrogens is 262 g/mol. The highest BCUT2D eigenvalue weighted by atomic mass is 35.5. The third-order valence-electron chi connectivity index (χ3n) is 1.70. The molecule has 16 heavy (non-hydrogen) atoms. The zero-order chi connectivity index (χ0) is 12.3. The highest BCUT2D eigenvalue weighted by Gasteiger charge is 2.10. The number of sulfonamides is 1. The van der Waals surface area contributed by atoms with Crippen LogP contribution in [0.15, 0.2) is 12.1 Å². The zero-order valence-electron chi connectivity index (χ0n) is 8.00. The summed E-state index contributed by atoms with van der Waals surface area (Å²) in [5.41, 5.74) is -0.147. The average Bonchev–Trinajstić information content (AvgIpc) is 2.07. The molecule has 1 rings (SSSR count). The molecule has 0 aliphatic carbocycles. The Morgan fingerprint density at radius 2 is 2.00 bits per heavy atom. The lowest BCUT2D eigenvalue weighted by Crippen LogP contribution is -2.22. The minimum absolute atomic E-state index is 0.110. The normalized spacial score (nSPS) is 11.5. The van der Waals surface area contributed by atoms with Crippen LogP contribution in [0.1, 0.15) is 0 Å². The first-order chi connectivity index (χ1) is 7.29. The molecule has 0 bridgehead atoms. The number of halogens is 3. The summed E-state index contributed by atoms with van der Waals surface area (Å²) in [6, 6.07) is 1.56. The summed E-state index contributed by atoms with van der Waals surface area (Å²) < 4.78 is 47.0. The number of primary sulfonamides is 1. The smallest absolute Gasteiger partial charge is 0.210 e. The summed E-state index contributed by atoms with van der Waals surface area (Å²) in [5, 5.41) is 7.02. The van der Waals surface area contributed by atoms with E-state index >= 15 is 0 Å². The van der Waals surface area contributed by atoms with Crippen LogP contribution < -0.4 is 10.5 Å². The van der Waals surface area contributed by atoms with Gasteiger partial charge in [-0.15, -0.1) is 0 Å². The standard InChI is InChI=1S/C8H9ClF2N2O2S/c9-6-3-5(10)4-7(11)8(6)13-1-2-16(12,14)15/h3-4,13H,1-2H2,(H2,12,14,15). The number of hydrogen-bond donors (Lipinski definition) is 2. The van der Waals surface area contributed by atoms with E-state index in [-0.39, 0.29) is 23.0 Å². The molecule has 0 heterocycles. The highest BCUT2D eigenvalue weighted by Crippen LogP contribution is 2.25. The molecule has 0 amide bonds. The maximum atomic E-state index is 13.2. The lowest BCUT2D eigenvalue weighted by molar-refractivity contribution is 0.584. The average molecular weight is 271 g/mol. The van der Waals surface area contributed by atoms with Crippen LogP contribution in [0.2, 0.25) is 5.02 Å². The maximum Gasteiger partial charge on any atom is 0.210 e. The molecule has 4 nitrogen and oxygen atoms in total. The van der Waals surface area contributed by atoms with Gasteiger partial charge in [-0.05, 0) is 6.07 Å². The van der Waals surface area contributed by atoms with Gasteiger partial charge in [0.05, 0.1) is 16.5 Å². The molecule has 0 unspecified atom stereocenters. The fourth-order valence-corrected chi connectivity index (χ4v) is 1.68. The molecule has 3 N–H and O–H groups in total. The number of benzene rings is 1. The van der Waals surface area contributed by atoms with E-state index in [1.54, 1.807) is 0 Å². The van der Waals surface area contributed by atoms with Gasteiger partial charge in [-0.3, -0.25) is 0 Å². The first-order valence-electron chi connectivity index (χ1n) is 4.18. The van der Waals surface area contributed by atoms with Crippen molar-refractivity contribution < 1.29 is 17.2 Å². The van der Waals surface area contributed by atoms with Gasteiger partial charge in [-0.1, -0.05) is 11.6 Å². The van der Waals surface area contributed by atoms with E-state index in [0.29, 0.717) is 6.07 Å². The molecule has 0 aromatic heterocycles. The Morgan fingerprint density at radius 3 is 2.50 bits per heavy atom. The Labute approximate surface area is 96.4 Å². The predicted molar refractivity (Wildman–Crippen MR) is 57.8 cm³/mol. The summed E-state index contributed by atoms with van der Waals surface area (Å²) in [5.74, 6) is -2.07. The molecule has 0 aliphatic rings. The van der Waals surface area contributed by atoms with Crippen LogP contribution in [-0.2, 0) is 10.0 Å². The van der Waals surface area contributed by atoms with Gasteiger partial charge in [0.2, 0.25) is 10.0 Å². The highest BCUT2D eigenvalue weighted by molar-refractivity contribution is 7.89. The van der Waals surface area contributed by atoms with E-state index in [1.807, 2.05) is 0 Å². The zero-order valence-corrected chi connectivity index (χ0v) is 9.58. The predicted octanol–water partition coefficient (Wildman–Crippen LogP) is 1.32. The molecule has 0 saturated heterocycles. The number of nitrogens with two attached hydrogens (primary N) is 1. The maximum absolute atomic E-state index is 13.2. The summed E-state index contributed by atoms with van der Waals surface area (Å²) in [4.78, 5) is 0. The van der Waals surface area contributed by atoms with Crippen LogP contribution in [0, 0.1) is 11.6 Å².